The molecule has 0 radical (unpaired) electrons. The monoisotopic (exact) mass is 283 g/mol. The van der Waals surface area contributed by atoms with Crippen LogP contribution in [0.4, 0.5) is 11.4 Å². The lowest BCUT2D eigenvalue weighted by Crippen LogP contribution is -2.48. The fraction of sp³-hybridized carbons (Fsp3) is 0.294. The molecule has 0 saturated carbocycles. The van der Waals surface area contributed by atoms with Gasteiger partial charge >= 0.3 is 0 Å². The minimum atomic E-state index is 0.266. The molecule has 3 heteroatoms. The minimum absolute atomic E-state index is 0.266. The molecular weight excluding hydrogens is 266 g/mol. The van der Waals surface area contributed by atoms with E-state index in [1.807, 2.05) is 11.8 Å². The van der Waals surface area contributed by atoms with Crippen molar-refractivity contribution in [3.63, 3.8) is 0 Å². The Kier molecular flexibility index (Phi) is 2.79. The number of fused-ring (bicyclic) bond motifs is 2. The van der Waals surface area contributed by atoms with Crippen LogP contribution in [-0.4, -0.2) is 19.8 Å². The molecule has 2 heterocycles. The van der Waals surface area contributed by atoms with Crippen molar-refractivity contribution in [2.75, 3.05) is 24.7 Å². The molecule has 0 aromatic heterocycles. The van der Waals surface area contributed by atoms with Crippen molar-refractivity contribution in [2.45, 2.75) is 16.7 Å². The minimum Gasteiger partial charge on any atom is -0.380 e. The van der Waals surface area contributed by atoms with Gasteiger partial charge in [0.25, 0.3) is 0 Å². The van der Waals surface area contributed by atoms with Gasteiger partial charge in [-0.15, -0.1) is 0 Å². The van der Waals surface area contributed by atoms with E-state index in [0.717, 1.165) is 19.8 Å². The second-order valence-corrected chi connectivity index (χ2v) is 7.01. The number of nitrogens with zero attached hydrogens (tertiary/aromatic N) is 1. The third kappa shape index (κ3) is 1.93. The first kappa shape index (κ1) is 12.3. The lowest BCUT2D eigenvalue weighted by molar-refractivity contribution is -0.0947. The number of para-hydroxylation sites is 2. The summed E-state index contributed by atoms with van der Waals surface area (Å²) >= 11 is 1.86. The van der Waals surface area contributed by atoms with E-state index in [-0.39, 0.29) is 5.41 Å². The molecule has 2 aromatic carbocycles. The van der Waals surface area contributed by atoms with Gasteiger partial charge < -0.3 is 9.64 Å². The van der Waals surface area contributed by atoms with E-state index < -0.39 is 0 Å². The van der Waals surface area contributed by atoms with Crippen LogP contribution in [-0.2, 0) is 4.74 Å². The molecule has 0 amide bonds. The predicted octanol–water partition coefficient (Wildman–Crippen LogP) is 4.33. The second kappa shape index (κ2) is 4.54. The van der Waals surface area contributed by atoms with E-state index >= 15 is 0 Å². The van der Waals surface area contributed by atoms with Gasteiger partial charge in [-0.25, -0.2) is 0 Å². The second-order valence-electron chi connectivity index (χ2n) is 5.93. The van der Waals surface area contributed by atoms with Gasteiger partial charge in [0, 0.05) is 21.8 Å². The summed E-state index contributed by atoms with van der Waals surface area (Å²) < 4.78 is 5.42. The maximum Gasteiger partial charge on any atom is 0.0559 e. The Bertz CT molecular complexity index is 605. The van der Waals surface area contributed by atoms with Crippen molar-refractivity contribution in [1.82, 2.24) is 0 Å². The van der Waals surface area contributed by atoms with Gasteiger partial charge in [0.1, 0.15) is 0 Å². The molecule has 20 heavy (non-hydrogen) atoms. The van der Waals surface area contributed by atoms with Gasteiger partial charge in [-0.3, -0.25) is 0 Å². The fourth-order valence-electron chi connectivity index (χ4n) is 2.88. The fourth-order valence-corrected chi connectivity index (χ4v) is 3.97. The molecule has 1 fully saturated rings. The Balaban J connectivity index is 1.79. The standard InChI is InChI=1S/C17H17NOS/c1-17(11-19-12-17)10-18-13-6-2-4-8-15(13)20-16-9-5-3-7-14(16)18/h2-9H,10-12H2,1H3. The lowest BCUT2D eigenvalue weighted by Gasteiger charge is -2.44. The highest BCUT2D eigenvalue weighted by molar-refractivity contribution is 7.99. The van der Waals surface area contributed by atoms with Crippen molar-refractivity contribution in [3.05, 3.63) is 48.5 Å². The summed E-state index contributed by atoms with van der Waals surface area (Å²) in [5.41, 5.74) is 2.91. The SMILES string of the molecule is CC1(CN2c3ccccc3Sc3ccccc32)COC1. The normalized spacial score (nSPS) is 18.9. The summed E-state index contributed by atoms with van der Waals surface area (Å²) in [4.78, 5) is 5.15. The molecule has 0 bridgehead atoms. The summed E-state index contributed by atoms with van der Waals surface area (Å²) in [6.45, 7) is 5.05. The topological polar surface area (TPSA) is 12.5 Å². The maximum atomic E-state index is 5.42. The molecule has 0 spiro atoms. The van der Waals surface area contributed by atoms with Gasteiger partial charge in [-0.1, -0.05) is 43.0 Å². The van der Waals surface area contributed by atoms with E-state index in [1.54, 1.807) is 0 Å². The van der Waals surface area contributed by atoms with Crippen molar-refractivity contribution in [3.8, 4) is 0 Å². The van der Waals surface area contributed by atoms with E-state index in [2.05, 4.69) is 60.4 Å². The molecule has 2 nitrogen and oxygen atoms in total. The summed E-state index contributed by atoms with van der Waals surface area (Å²) in [7, 11) is 0. The highest BCUT2D eigenvalue weighted by atomic mass is 32.2. The van der Waals surface area contributed by atoms with Crippen LogP contribution < -0.4 is 4.90 Å². The molecule has 0 unspecified atom stereocenters. The van der Waals surface area contributed by atoms with Crippen molar-refractivity contribution >= 4 is 23.1 Å². The quantitative estimate of drug-likeness (QED) is 0.814. The van der Waals surface area contributed by atoms with Crippen LogP contribution in [0.25, 0.3) is 0 Å². The zero-order valence-electron chi connectivity index (χ0n) is 11.5. The Morgan fingerprint density at radius 1 is 1.00 bits per heavy atom. The van der Waals surface area contributed by atoms with E-state index in [4.69, 9.17) is 4.74 Å². The van der Waals surface area contributed by atoms with Crippen LogP contribution in [0.2, 0.25) is 0 Å². The predicted molar refractivity (Wildman–Crippen MR) is 82.9 cm³/mol. The van der Waals surface area contributed by atoms with Crippen LogP contribution in [0.3, 0.4) is 0 Å². The number of benzene rings is 2. The first-order valence-electron chi connectivity index (χ1n) is 6.96. The van der Waals surface area contributed by atoms with Crippen LogP contribution in [0.1, 0.15) is 6.92 Å². The highest BCUT2D eigenvalue weighted by Gasteiger charge is 2.37. The van der Waals surface area contributed by atoms with E-state index in [1.165, 1.54) is 21.2 Å². The third-order valence-electron chi connectivity index (χ3n) is 3.97. The Labute approximate surface area is 123 Å². The van der Waals surface area contributed by atoms with Crippen LogP contribution in [0.5, 0.6) is 0 Å². The molecule has 1 saturated heterocycles. The van der Waals surface area contributed by atoms with Gasteiger partial charge in [-0.2, -0.15) is 0 Å². The Morgan fingerprint density at radius 2 is 1.55 bits per heavy atom. The molecule has 2 aliphatic heterocycles. The molecule has 0 atom stereocenters. The Morgan fingerprint density at radius 3 is 2.05 bits per heavy atom. The van der Waals surface area contributed by atoms with E-state index in [0.29, 0.717) is 0 Å². The first-order chi connectivity index (χ1) is 9.75. The van der Waals surface area contributed by atoms with Crippen molar-refractivity contribution < 1.29 is 4.74 Å². The number of ether oxygens (including phenoxy) is 1. The first-order valence-corrected chi connectivity index (χ1v) is 7.78. The highest BCUT2D eigenvalue weighted by Crippen LogP contribution is 2.49. The third-order valence-corrected chi connectivity index (χ3v) is 5.10. The van der Waals surface area contributed by atoms with Gasteiger partial charge in [0.05, 0.1) is 24.6 Å². The zero-order chi connectivity index (χ0) is 13.6. The lowest BCUT2D eigenvalue weighted by atomic mass is 9.87. The van der Waals surface area contributed by atoms with Crippen LogP contribution in [0.15, 0.2) is 58.3 Å². The largest absolute Gasteiger partial charge is 0.380 e. The molecule has 4 rings (SSSR count). The van der Waals surface area contributed by atoms with Crippen LogP contribution in [0, 0.1) is 5.41 Å². The number of hydrogen-bond donors (Lipinski definition) is 0. The Hall–Kier alpha value is -1.45. The molecular formula is C17H17NOS. The number of anilines is 2. The average molecular weight is 283 g/mol. The molecule has 0 N–H and O–H groups in total. The molecule has 2 aromatic rings. The smallest absolute Gasteiger partial charge is 0.0559 e. The van der Waals surface area contributed by atoms with E-state index in [9.17, 15) is 0 Å². The molecule has 102 valence electrons. The van der Waals surface area contributed by atoms with Gasteiger partial charge in [0.15, 0.2) is 0 Å². The summed E-state index contributed by atoms with van der Waals surface area (Å²) in [6.07, 6.45) is 0. The average Bonchev–Trinajstić information content (AvgIpc) is 2.45. The number of rotatable bonds is 2. The summed E-state index contributed by atoms with van der Waals surface area (Å²) in [5, 5.41) is 0. The zero-order valence-corrected chi connectivity index (χ0v) is 12.3. The maximum absolute atomic E-state index is 5.42. The van der Waals surface area contributed by atoms with Gasteiger partial charge in [0.2, 0.25) is 0 Å². The molecule has 2 aliphatic rings. The summed E-state index contributed by atoms with van der Waals surface area (Å²) in [6, 6.07) is 17.4. The molecule has 0 aliphatic carbocycles. The van der Waals surface area contributed by atoms with Crippen molar-refractivity contribution in [1.29, 1.82) is 0 Å². The number of hydrogen-bond acceptors (Lipinski definition) is 3. The summed E-state index contributed by atoms with van der Waals surface area (Å²) in [5.74, 6) is 0. The van der Waals surface area contributed by atoms with Gasteiger partial charge in [-0.05, 0) is 24.3 Å². The van der Waals surface area contributed by atoms with Crippen LogP contribution >= 0.6 is 11.8 Å². The van der Waals surface area contributed by atoms with Crippen molar-refractivity contribution in [2.24, 2.45) is 5.41 Å².